The van der Waals surface area contributed by atoms with Crippen LogP contribution in [0.15, 0.2) is 120 Å². The van der Waals surface area contributed by atoms with Gasteiger partial charge < -0.3 is 24.1 Å². The summed E-state index contributed by atoms with van der Waals surface area (Å²) < 4.78 is 53.9. The number of sulfonamides is 1. The lowest BCUT2D eigenvalue weighted by molar-refractivity contribution is -0.163. The van der Waals surface area contributed by atoms with Gasteiger partial charge in [-0.05, 0) is 35.7 Å². The Kier molecular flexibility index (Phi) is 13.5. The molecule has 9 nitrogen and oxygen atoms in total. The normalized spacial score (nSPS) is 14.2. The number of aliphatic hydroxyl groups excluding tert-OH is 1. The lowest BCUT2D eigenvalue weighted by Crippen LogP contribution is -2.56. The summed E-state index contributed by atoms with van der Waals surface area (Å²) >= 11 is 0. The zero-order valence-corrected chi connectivity index (χ0v) is 26.8. The number of benzene rings is 4. The summed E-state index contributed by atoms with van der Waals surface area (Å²) in [6, 6.07) is 33.5. The van der Waals surface area contributed by atoms with Crippen LogP contribution in [0.2, 0.25) is 0 Å². The van der Waals surface area contributed by atoms with Crippen molar-refractivity contribution in [1.82, 2.24) is 4.72 Å². The number of aryl methyl sites for hydroxylation is 1. The number of aliphatic hydroxyl groups is 1. The molecule has 4 aromatic rings. The smallest absolute Gasteiger partial charge is 0.302 e. The zero-order valence-electron chi connectivity index (χ0n) is 26.0. The molecule has 0 fully saturated rings. The van der Waals surface area contributed by atoms with E-state index >= 15 is 0 Å². The van der Waals surface area contributed by atoms with Gasteiger partial charge in [-0.25, -0.2) is 13.1 Å². The van der Waals surface area contributed by atoms with Crippen LogP contribution in [-0.4, -0.2) is 57.1 Å². The number of hydrogen-bond acceptors (Lipinski definition) is 8. The van der Waals surface area contributed by atoms with Crippen molar-refractivity contribution in [1.29, 1.82) is 0 Å². The van der Waals surface area contributed by atoms with Crippen LogP contribution in [0.1, 0.15) is 29.2 Å². The molecule has 0 aliphatic rings. The molecule has 0 aliphatic heterocycles. The Morgan fingerprint density at radius 3 is 1.67 bits per heavy atom. The molecule has 0 aliphatic carbocycles. The Morgan fingerprint density at radius 1 is 0.696 bits per heavy atom. The van der Waals surface area contributed by atoms with Gasteiger partial charge in [0.05, 0.1) is 37.4 Å². The molecule has 4 aromatic carbocycles. The second-order valence-corrected chi connectivity index (χ2v) is 12.6. The van der Waals surface area contributed by atoms with Crippen molar-refractivity contribution in [3.63, 3.8) is 0 Å². The van der Waals surface area contributed by atoms with Crippen molar-refractivity contribution in [3.05, 3.63) is 138 Å². The largest absolute Gasteiger partial charge is 0.464 e. The van der Waals surface area contributed by atoms with Gasteiger partial charge in [-0.2, -0.15) is 0 Å². The number of carbonyl (C=O) groups excluding carboxylic acids is 1. The zero-order chi connectivity index (χ0) is 32.8. The molecule has 0 spiro atoms. The Bertz CT molecular complexity index is 1570. The van der Waals surface area contributed by atoms with E-state index in [-0.39, 0.29) is 37.9 Å². The van der Waals surface area contributed by atoms with Gasteiger partial charge in [-0.3, -0.25) is 4.79 Å². The van der Waals surface area contributed by atoms with Gasteiger partial charge in [0.1, 0.15) is 24.9 Å². The van der Waals surface area contributed by atoms with Crippen LogP contribution in [0.5, 0.6) is 0 Å². The first kappa shape index (κ1) is 35.0. The number of ether oxygens (including phenoxy) is 4. The summed E-state index contributed by atoms with van der Waals surface area (Å²) in [7, 11) is -4.12. The number of hydrogen-bond donors (Lipinski definition) is 2. The molecule has 0 heterocycles. The monoisotopic (exact) mass is 647 g/mol. The number of carbonyl (C=O) groups is 1. The van der Waals surface area contributed by atoms with Crippen LogP contribution in [-0.2, 0) is 53.6 Å². The predicted molar refractivity (Wildman–Crippen MR) is 174 cm³/mol. The third-order valence-electron chi connectivity index (χ3n) is 7.17. The van der Waals surface area contributed by atoms with Crippen LogP contribution in [0.25, 0.3) is 0 Å². The van der Waals surface area contributed by atoms with Crippen molar-refractivity contribution in [2.45, 2.75) is 62.9 Å². The summed E-state index contributed by atoms with van der Waals surface area (Å²) in [5.74, 6) is -0.602. The third-order valence-corrected chi connectivity index (χ3v) is 8.68. The SMILES string of the molecule is CC(=O)OC[C@H](NS(=O)(=O)c1ccc(C)cc1)[C@@H](OCc1ccccc1)[C@H](OCc1ccccc1)[C@H](O)COCc1ccccc1. The number of nitrogens with one attached hydrogen (secondary N) is 1. The van der Waals surface area contributed by atoms with E-state index in [4.69, 9.17) is 18.9 Å². The fourth-order valence-electron chi connectivity index (χ4n) is 4.75. The summed E-state index contributed by atoms with van der Waals surface area (Å²) in [5.41, 5.74) is 3.47. The molecular weight excluding hydrogens is 606 g/mol. The van der Waals surface area contributed by atoms with Crippen molar-refractivity contribution >= 4 is 16.0 Å². The first-order valence-electron chi connectivity index (χ1n) is 15.0. The molecule has 4 rings (SSSR count). The Balaban J connectivity index is 1.67. The summed E-state index contributed by atoms with van der Waals surface area (Å²) in [6.07, 6.45) is -3.49. The summed E-state index contributed by atoms with van der Waals surface area (Å²) in [6.45, 7) is 3.00. The molecule has 4 atom stereocenters. The van der Waals surface area contributed by atoms with Crippen LogP contribution in [0, 0.1) is 6.92 Å². The van der Waals surface area contributed by atoms with Crippen molar-refractivity contribution in [2.24, 2.45) is 0 Å². The van der Waals surface area contributed by atoms with Crippen molar-refractivity contribution in [2.75, 3.05) is 13.2 Å². The van der Waals surface area contributed by atoms with E-state index in [1.807, 2.05) is 97.9 Å². The van der Waals surface area contributed by atoms with Gasteiger partial charge in [-0.15, -0.1) is 0 Å². The van der Waals surface area contributed by atoms with Crippen LogP contribution in [0.3, 0.4) is 0 Å². The average Bonchev–Trinajstić information content (AvgIpc) is 3.06. The fourth-order valence-corrected chi connectivity index (χ4v) is 5.98. The van der Waals surface area contributed by atoms with Gasteiger partial charge in [-0.1, -0.05) is 109 Å². The fraction of sp³-hybridized carbons (Fsp3) is 0.306. The number of esters is 1. The van der Waals surface area contributed by atoms with Gasteiger partial charge >= 0.3 is 5.97 Å². The minimum Gasteiger partial charge on any atom is -0.464 e. The maximum absolute atomic E-state index is 13.6. The van der Waals surface area contributed by atoms with E-state index in [2.05, 4.69) is 4.72 Å². The highest BCUT2D eigenvalue weighted by Crippen LogP contribution is 2.21. The highest BCUT2D eigenvalue weighted by Gasteiger charge is 2.39. The van der Waals surface area contributed by atoms with Crippen LogP contribution < -0.4 is 4.72 Å². The van der Waals surface area contributed by atoms with E-state index < -0.39 is 40.3 Å². The second kappa shape index (κ2) is 17.7. The third kappa shape index (κ3) is 11.2. The molecular formula is C36H41NO8S. The Labute approximate surface area is 271 Å². The standard InChI is InChI=1S/C36H41NO8S/c1-27-18-20-32(21-19-27)46(40,41)37-33(25-43-28(2)38)35(44-23-30-14-8-4-9-15-30)36(45-24-31-16-10-5-11-17-31)34(39)26-42-22-29-12-6-3-7-13-29/h3-21,33-37,39H,22-26H2,1-2H3/t33-,34+,35+,36+/m0/s1. The first-order valence-corrected chi connectivity index (χ1v) is 16.5. The summed E-state index contributed by atoms with van der Waals surface area (Å²) in [4.78, 5) is 12.0. The molecule has 0 unspecified atom stereocenters. The van der Waals surface area contributed by atoms with Gasteiger partial charge in [0.25, 0.3) is 0 Å². The molecule has 0 bridgehead atoms. The predicted octanol–water partition coefficient (Wildman–Crippen LogP) is 4.95. The van der Waals surface area contributed by atoms with E-state index in [0.717, 1.165) is 22.3 Å². The molecule has 0 aromatic heterocycles. The first-order chi connectivity index (χ1) is 22.2. The van der Waals surface area contributed by atoms with Gasteiger partial charge in [0.15, 0.2) is 0 Å². The van der Waals surface area contributed by atoms with E-state index in [9.17, 15) is 18.3 Å². The Morgan fingerprint density at radius 2 is 1.17 bits per heavy atom. The molecule has 0 amide bonds. The molecule has 0 radical (unpaired) electrons. The molecule has 244 valence electrons. The lowest BCUT2D eigenvalue weighted by atomic mass is 10.0. The van der Waals surface area contributed by atoms with Gasteiger partial charge in [0.2, 0.25) is 10.0 Å². The topological polar surface area (TPSA) is 120 Å². The highest BCUT2D eigenvalue weighted by molar-refractivity contribution is 7.89. The molecule has 46 heavy (non-hydrogen) atoms. The molecule has 0 saturated carbocycles. The van der Waals surface area contributed by atoms with E-state index in [0.29, 0.717) is 0 Å². The summed E-state index contributed by atoms with van der Waals surface area (Å²) in [5, 5.41) is 11.6. The van der Waals surface area contributed by atoms with Crippen molar-refractivity contribution < 1.29 is 37.3 Å². The minimum atomic E-state index is -4.12. The number of rotatable bonds is 18. The molecule has 2 N–H and O–H groups in total. The second-order valence-electron chi connectivity index (χ2n) is 10.9. The Hall–Kier alpha value is -3.90. The minimum absolute atomic E-state index is 0.0289. The van der Waals surface area contributed by atoms with Crippen LogP contribution >= 0.6 is 0 Å². The highest BCUT2D eigenvalue weighted by atomic mass is 32.2. The van der Waals surface area contributed by atoms with E-state index in [1.165, 1.54) is 19.1 Å². The van der Waals surface area contributed by atoms with Gasteiger partial charge in [0, 0.05) is 6.92 Å². The average molecular weight is 648 g/mol. The van der Waals surface area contributed by atoms with E-state index in [1.54, 1.807) is 12.1 Å². The maximum atomic E-state index is 13.6. The van der Waals surface area contributed by atoms with Crippen molar-refractivity contribution in [3.8, 4) is 0 Å². The van der Waals surface area contributed by atoms with Crippen LogP contribution in [0.4, 0.5) is 0 Å². The molecule has 0 saturated heterocycles. The maximum Gasteiger partial charge on any atom is 0.302 e. The quantitative estimate of drug-likeness (QED) is 0.146. The lowest BCUT2D eigenvalue weighted by Gasteiger charge is -2.36. The molecule has 10 heteroatoms.